The van der Waals surface area contributed by atoms with Crippen molar-refractivity contribution in [1.82, 2.24) is 20.0 Å². The van der Waals surface area contributed by atoms with E-state index in [0.29, 0.717) is 25.1 Å². The molecule has 136 valence electrons. The van der Waals surface area contributed by atoms with Gasteiger partial charge in [-0.1, -0.05) is 0 Å². The maximum atomic E-state index is 12.5. The number of methoxy groups -OCH3 is 1. The van der Waals surface area contributed by atoms with E-state index in [4.69, 9.17) is 10.00 Å². The van der Waals surface area contributed by atoms with Crippen LogP contribution < -0.4 is 5.32 Å². The fourth-order valence-electron chi connectivity index (χ4n) is 3.24. The molecule has 2 unspecified atom stereocenters. The summed E-state index contributed by atoms with van der Waals surface area (Å²) >= 11 is 0. The summed E-state index contributed by atoms with van der Waals surface area (Å²) in [6.45, 7) is 3.11. The lowest BCUT2D eigenvalue weighted by molar-refractivity contribution is -0.129. The molecule has 1 aromatic heterocycles. The molecule has 8 heteroatoms. The molecule has 0 spiro atoms. The Labute approximate surface area is 151 Å². The quantitative estimate of drug-likeness (QED) is 0.777. The third-order valence-electron chi connectivity index (χ3n) is 4.65. The molecule has 8 nitrogen and oxygen atoms in total. The number of fused-ring (bicyclic) bond motifs is 1. The molecular weight excluding hydrogens is 334 g/mol. The van der Waals surface area contributed by atoms with Gasteiger partial charge in [0.05, 0.1) is 30.9 Å². The second kappa shape index (κ2) is 7.54. The number of nitrogens with one attached hydrogen (secondary N) is 1. The number of aromatic nitrogens is 2. The molecule has 3 rings (SSSR count). The topological polar surface area (TPSA) is 100 Å². The molecule has 1 aliphatic heterocycles. The molecule has 0 radical (unpaired) electrons. The summed E-state index contributed by atoms with van der Waals surface area (Å²) in [5.74, 6) is -0.512. The highest BCUT2D eigenvalue weighted by atomic mass is 16.5. The smallest absolute Gasteiger partial charge is 0.251 e. The number of rotatable bonds is 6. The predicted molar refractivity (Wildman–Crippen MR) is 94.3 cm³/mol. The molecule has 0 bridgehead atoms. The molecule has 2 amide bonds. The van der Waals surface area contributed by atoms with Gasteiger partial charge in [-0.05, 0) is 31.5 Å². The number of hydrogen-bond acceptors (Lipinski definition) is 5. The molecule has 0 aliphatic carbocycles. The van der Waals surface area contributed by atoms with Crippen molar-refractivity contribution in [3.8, 4) is 6.07 Å². The van der Waals surface area contributed by atoms with Crippen LogP contribution in [0.15, 0.2) is 24.4 Å². The van der Waals surface area contributed by atoms with Crippen LogP contribution in [0.25, 0.3) is 10.9 Å². The molecule has 26 heavy (non-hydrogen) atoms. The first kappa shape index (κ1) is 17.9. The van der Waals surface area contributed by atoms with Gasteiger partial charge < -0.3 is 15.0 Å². The zero-order valence-corrected chi connectivity index (χ0v) is 14.8. The van der Waals surface area contributed by atoms with E-state index >= 15 is 0 Å². The Morgan fingerprint density at radius 1 is 1.50 bits per heavy atom. The van der Waals surface area contributed by atoms with Gasteiger partial charge in [-0.15, -0.1) is 0 Å². The van der Waals surface area contributed by atoms with E-state index in [-0.39, 0.29) is 24.4 Å². The SMILES string of the molecule is COCCn1ncc2cc(C(=O)NC3CC(C)N(CC#N)C3=O)ccc21. The maximum Gasteiger partial charge on any atom is 0.251 e. The van der Waals surface area contributed by atoms with Gasteiger partial charge >= 0.3 is 0 Å². The number of hydrogen-bond donors (Lipinski definition) is 1. The maximum absolute atomic E-state index is 12.5. The second-order valence-corrected chi connectivity index (χ2v) is 6.37. The Morgan fingerprint density at radius 2 is 2.31 bits per heavy atom. The summed E-state index contributed by atoms with van der Waals surface area (Å²) in [6.07, 6.45) is 2.21. The van der Waals surface area contributed by atoms with Crippen LogP contribution in [0.5, 0.6) is 0 Å². The zero-order chi connectivity index (χ0) is 18.7. The number of amides is 2. The lowest BCUT2D eigenvalue weighted by Crippen LogP contribution is -2.41. The van der Waals surface area contributed by atoms with Gasteiger partial charge in [-0.25, -0.2) is 0 Å². The van der Waals surface area contributed by atoms with Crippen molar-refractivity contribution in [2.75, 3.05) is 20.3 Å². The van der Waals surface area contributed by atoms with Crippen molar-refractivity contribution < 1.29 is 14.3 Å². The average molecular weight is 355 g/mol. The number of nitrogens with zero attached hydrogens (tertiary/aromatic N) is 4. The van der Waals surface area contributed by atoms with Crippen LogP contribution >= 0.6 is 0 Å². The molecule has 2 aromatic rings. The van der Waals surface area contributed by atoms with Crippen molar-refractivity contribution in [2.24, 2.45) is 0 Å². The summed E-state index contributed by atoms with van der Waals surface area (Å²) in [7, 11) is 1.64. The Kier molecular flexibility index (Phi) is 5.19. The second-order valence-electron chi connectivity index (χ2n) is 6.37. The van der Waals surface area contributed by atoms with Gasteiger partial charge in [-0.2, -0.15) is 10.4 Å². The van der Waals surface area contributed by atoms with E-state index in [2.05, 4.69) is 10.4 Å². The molecule has 1 fully saturated rings. The van der Waals surface area contributed by atoms with Crippen LogP contribution in [0.4, 0.5) is 0 Å². The monoisotopic (exact) mass is 355 g/mol. The highest BCUT2D eigenvalue weighted by molar-refractivity contribution is 6.00. The summed E-state index contributed by atoms with van der Waals surface area (Å²) in [4.78, 5) is 26.4. The van der Waals surface area contributed by atoms with Gasteiger partial charge in [0, 0.05) is 24.1 Å². The number of nitriles is 1. The lowest BCUT2D eigenvalue weighted by Gasteiger charge is -2.17. The van der Waals surface area contributed by atoms with Crippen LogP contribution in [0, 0.1) is 11.3 Å². The number of ether oxygens (including phenoxy) is 1. The molecule has 0 saturated carbocycles. The van der Waals surface area contributed by atoms with Crippen LogP contribution in [-0.2, 0) is 16.1 Å². The van der Waals surface area contributed by atoms with Gasteiger partial charge in [0.1, 0.15) is 12.6 Å². The first-order valence-corrected chi connectivity index (χ1v) is 8.48. The van der Waals surface area contributed by atoms with E-state index in [1.165, 1.54) is 4.90 Å². The minimum absolute atomic E-state index is 0.0407. The minimum Gasteiger partial charge on any atom is -0.383 e. The van der Waals surface area contributed by atoms with Crippen molar-refractivity contribution in [3.63, 3.8) is 0 Å². The van der Waals surface area contributed by atoms with E-state index in [0.717, 1.165) is 10.9 Å². The van der Waals surface area contributed by atoms with E-state index in [9.17, 15) is 9.59 Å². The summed E-state index contributed by atoms with van der Waals surface area (Å²) in [6, 6.07) is 6.66. The fraction of sp³-hybridized carbons (Fsp3) is 0.444. The van der Waals surface area contributed by atoms with E-state index in [1.54, 1.807) is 25.4 Å². The number of benzene rings is 1. The Bertz CT molecular complexity index is 869. The minimum atomic E-state index is -0.592. The summed E-state index contributed by atoms with van der Waals surface area (Å²) in [5.41, 5.74) is 1.40. The van der Waals surface area contributed by atoms with Crippen LogP contribution in [0.1, 0.15) is 23.7 Å². The third-order valence-corrected chi connectivity index (χ3v) is 4.65. The van der Waals surface area contributed by atoms with Crippen molar-refractivity contribution >= 4 is 22.7 Å². The van der Waals surface area contributed by atoms with Crippen molar-refractivity contribution in [2.45, 2.75) is 32.0 Å². The molecule has 1 N–H and O–H groups in total. The normalized spacial score (nSPS) is 19.7. The van der Waals surface area contributed by atoms with Crippen LogP contribution in [0.3, 0.4) is 0 Å². The Morgan fingerprint density at radius 3 is 3.04 bits per heavy atom. The first-order chi connectivity index (χ1) is 12.5. The van der Waals surface area contributed by atoms with Gasteiger partial charge in [-0.3, -0.25) is 14.3 Å². The summed E-state index contributed by atoms with van der Waals surface area (Å²) < 4.78 is 6.89. The molecule has 1 aliphatic rings. The van der Waals surface area contributed by atoms with Gasteiger partial charge in [0.15, 0.2) is 0 Å². The highest BCUT2D eigenvalue weighted by Crippen LogP contribution is 2.20. The number of carbonyl (C=O) groups is 2. The number of carbonyl (C=O) groups excluding carboxylic acids is 2. The number of likely N-dealkylation sites (tertiary alicyclic amines) is 1. The molecular formula is C18H21N5O3. The Balaban J connectivity index is 1.72. The largest absolute Gasteiger partial charge is 0.383 e. The molecule has 2 heterocycles. The first-order valence-electron chi connectivity index (χ1n) is 8.48. The molecule has 1 saturated heterocycles. The van der Waals surface area contributed by atoms with Crippen LogP contribution in [0.2, 0.25) is 0 Å². The molecule has 2 atom stereocenters. The van der Waals surface area contributed by atoms with Gasteiger partial charge in [0.2, 0.25) is 5.91 Å². The van der Waals surface area contributed by atoms with Gasteiger partial charge in [0.25, 0.3) is 5.91 Å². The average Bonchev–Trinajstić information content (AvgIpc) is 3.15. The zero-order valence-electron chi connectivity index (χ0n) is 14.8. The standard InChI is InChI=1S/C18H21N5O3/c1-12-9-15(18(25)22(12)6-5-19)21-17(24)13-3-4-16-14(10-13)11-20-23(16)7-8-26-2/h3-4,10-12,15H,6-9H2,1-2H3,(H,21,24). The highest BCUT2D eigenvalue weighted by Gasteiger charge is 2.37. The Hall–Kier alpha value is -2.92. The fourth-order valence-corrected chi connectivity index (χ4v) is 3.24. The predicted octanol–water partition coefficient (Wildman–Crippen LogP) is 0.925. The van der Waals surface area contributed by atoms with Crippen molar-refractivity contribution in [1.29, 1.82) is 5.26 Å². The third kappa shape index (κ3) is 3.39. The van der Waals surface area contributed by atoms with E-state index in [1.807, 2.05) is 23.7 Å². The van der Waals surface area contributed by atoms with Crippen molar-refractivity contribution in [3.05, 3.63) is 30.0 Å². The molecule has 1 aromatic carbocycles. The van der Waals surface area contributed by atoms with E-state index < -0.39 is 6.04 Å². The lowest BCUT2D eigenvalue weighted by atomic mass is 10.1. The summed E-state index contributed by atoms with van der Waals surface area (Å²) in [5, 5.41) is 16.8. The van der Waals surface area contributed by atoms with Crippen LogP contribution in [-0.4, -0.2) is 58.8 Å².